The number of carbonyl (C=O) groups is 1. The van der Waals surface area contributed by atoms with Crippen LogP contribution in [0.1, 0.15) is 36.7 Å². The Hall–Kier alpha value is -0.840. The number of aromatic nitrogens is 2. The fraction of sp³-hybridized carbons (Fsp3) is 0.636. The van der Waals surface area contributed by atoms with Gasteiger partial charge in [0, 0.05) is 13.1 Å². The molecule has 1 amide bonds. The van der Waals surface area contributed by atoms with E-state index in [1.165, 1.54) is 19.3 Å². The molecule has 0 aliphatic heterocycles. The number of halogens is 1. The number of amides is 1. The van der Waals surface area contributed by atoms with Crippen molar-refractivity contribution < 1.29 is 4.79 Å². The van der Waals surface area contributed by atoms with Gasteiger partial charge in [-0.3, -0.25) is 9.48 Å². The van der Waals surface area contributed by atoms with Gasteiger partial charge < -0.3 is 5.32 Å². The van der Waals surface area contributed by atoms with Crippen LogP contribution in [0.3, 0.4) is 0 Å². The van der Waals surface area contributed by atoms with Crippen LogP contribution in [0.4, 0.5) is 0 Å². The minimum Gasteiger partial charge on any atom is -0.350 e. The molecule has 1 aromatic heterocycles. The van der Waals surface area contributed by atoms with Gasteiger partial charge >= 0.3 is 0 Å². The molecule has 0 spiro atoms. The van der Waals surface area contributed by atoms with Crippen LogP contribution in [0, 0.1) is 5.92 Å². The molecule has 0 saturated heterocycles. The molecule has 0 bridgehead atoms. The number of hydrogen-bond donors (Lipinski definition) is 1. The Kier molecular flexibility index (Phi) is 3.63. The number of nitrogens with one attached hydrogen (secondary N) is 1. The quantitative estimate of drug-likeness (QED) is 0.922. The zero-order chi connectivity index (χ0) is 11.5. The summed E-state index contributed by atoms with van der Waals surface area (Å²) in [5.41, 5.74) is 0.627. The molecule has 16 heavy (non-hydrogen) atoms. The number of carbonyl (C=O) groups excluding carboxylic acids is 1. The Balaban J connectivity index is 1.98. The van der Waals surface area contributed by atoms with E-state index >= 15 is 0 Å². The highest BCUT2D eigenvalue weighted by Gasteiger charge is 2.20. The Morgan fingerprint density at radius 3 is 3.00 bits per heavy atom. The summed E-state index contributed by atoms with van der Waals surface area (Å²) < 4.78 is 2.47. The average molecular weight is 286 g/mol. The molecule has 1 N–H and O–H groups in total. The van der Waals surface area contributed by atoms with Gasteiger partial charge in [-0.25, -0.2) is 0 Å². The highest BCUT2D eigenvalue weighted by molar-refractivity contribution is 9.10. The number of nitrogens with zero attached hydrogens (tertiary/aromatic N) is 2. The number of hydrogen-bond acceptors (Lipinski definition) is 2. The smallest absolute Gasteiger partial charge is 0.270 e. The predicted octanol–water partition coefficient (Wildman–Crippen LogP) is 2.20. The molecule has 1 aliphatic rings. The second kappa shape index (κ2) is 4.99. The van der Waals surface area contributed by atoms with Crippen molar-refractivity contribution >= 4 is 21.8 Å². The van der Waals surface area contributed by atoms with Crippen LogP contribution in [0.2, 0.25) is 0 Å². The van der Waals surface area contributed by atoms with Crippen LogP contribution in [0.15, 0.2) is 10.7 Å². The van der Waals surface area contributed by atoms with E-state index < -0.39 is 0 Å². The van der Waals surface area contributed by atoms with Gasteiger partial charge in [0.25, 0.3) is 5.91 Å². The topological polar surface area (TPSA) is 46.9 Å². The molecule has 5 heteroatoms. The molecule has 88 valence electrons. The molecule has 2 rings (SSSR count). The molecule has 0 radical (unpaired) electrons. The van der Waals surface area contributed by atoms with Gasteiger partial charge in [0.15, 0.2) is 0 Å². The molecule has 0 atom stereocenters. The lowest BCUT2D eigenvalue weighted by Crippen LogP contribution is -2.33. The first-order valence-corrected chi connectivity index (χ1v) is 6.51. The van der Waals surface area contributed by atoms with Crippen LogP contribution >= 0.6 is 15.9 Å². The van der Waals surface area contributed by atoms with Crippen molar-refractivity contribution in [3.8, 4) is 0 Å². The van der Waals surface area contributed by atoms with Crippen molar-refractivity contribution in [2.24, 2.45) is 5.92 Å². The molecule has 0 unspecified atom stereocenters. The van der Waals surface area contributed by atoms with Gasteiger partial charge in [0.2, 0.25) is 0 Å². The summed E-state index contributed by atoms with van der Waals surface area (Å²) in [5, 5.41) is 7.10. The summed E-state index contributed by atoms with van der Waals surface area (Å²) in [5.74, 6) is 0.652. The Morgan fingerprint density at radius 2 is 2.44 bits per heavy atom. The fourth-order valence-electron chi connectivity index (χ4n) is 1.85. The van der Waals surface area contributed by atoms with E-state index in [0.717, 1.165) is 11.0 Å². The van der Waals surface area contributed by atoms with E-state index in [4.69, 9.17) is 0 Å². The lowest BCUT2D eigenvalue weighted by Gasteiger charge is -2.25. The second-order valence-electron chi connectivity index (χ2n) is 4.16. The Labute approximate surface area is 104 Å². The summed E-state index contributed by atoms with van der Waals surface area (Å²) in [6, 6.07) is 0. The number of rotatable bonds is 4. The van der Waals surface area contributed by atoms with Crippen LogP contribution in [0.5, 0.6) is 0 Å². The van der Waals surface area contributed by atoms with Gasteiger partial charge in [0.05, 0.1) is 10.7 Å². The van der Waals surface area contributed by atoms with Crippen molar-refractivity contribution in [2.45, 2.75) is 32.7 Å². The summed E-state index contributed by atoms with van der Waals surface area (Å²) in [7, 11) is 0. The normalized spacial score (nSPS) is 15.9. The van der Waals surface area contributed by atoms with E-state index in [-0.39, 0.29) is 5.91 Å². The summed E-state index contributed by atoms with van der Waals surface area (Å²) in [4.78, 5) is 11.9. The molecule has 1 aromatic rings. The lowest BCUT2D eigenvalue weighted by atomic mass is 9.85. The van der Waals surface area contributed by atoms with Crippen molar-refractivity contribution in [3.63, 3.8) is 0 Å². The molecule has 4 nitrogen and oxygen atoms in total. The predicted molar refractivity (Wildman–Crippen MR) is 65.3 cm³/mol. The highest BCUT2D eigenvalue weighted by atomic mass is 79.9. The molecule has 0 aromatic carbocycles. The molecule has 1 fully saturated rings. The Bertz CT molecular complexity index is 385. The third kappa shape index (κ3) is 2.29. The standard InChI is InChI=1S/C11H16BrN3O/c1-2-15-10(9(12)7-14-15)11(16)13-6-8-4-3-5-8/h7-8H,2-6H2,1H3,(H,13,16). The van der Waals surface area contributed by atoms with Gasteiger partial charge in [-0.2, -0.15) is 5.10 Å². The van der Waals surface area contributed by atoms with E-state index in [9.17, 15) is 4.79 Å². The summed E-state index contributed by atoms with van der Waals surface area (Å²) in [6.07, 6.45) is 5.46. The molecular formula is C11H16BrN3O. The second-order valence-corrected chi connectivity index (χ2v) is 5.02. The minimum absolute atomic E-state index is 0.0295. The van der Waals surface area contributed by atoms with Gasteiger partial charge in [-0.1, -0.05) is 6.42 Å². The Morgan fingerprint density at radius 1 is 1.69 bits per heavy atom. The van der Waals surface area contributed by atoms with Crippen LogP contribution in [-0.4, -0.2) is 22.2 Å². The minimum atomic E-state index is -0.0295. The van der Waals surface area contributed by atoms with Crippen molar-refractivity contribution in [2.75, 3.05) is 6.54 Å². The lowest BCUT2D eigenvalue weighted by molar-refractivity contribution is 0.0927. The fourth-order valence-corrected chi connectivity index (χ4v) is 2.32. The van der Waals surface area contributed by atoms with E-state index in [2.05, 4.69) is 26.3 Å². The molecule has 1 saturated carbocycles. The van der Waals surface area contributed by atoms with Gasteiger partial charge in [-0.15, -0.1) is 0 Å². The van der Waals surface area contributed by atoms with E-state index in [0.29, 0.717) is 18.2 Å². The average Bonchev–Trinajstić information content (AvgIpc) is 2.57. The van der Waals surface area contributed by atoms with Crippen molar-refractivity contribution in [3.05, 3.63) is 16.4 Å². The van der Waals surface area contributed by atoms with Gasteiger partial charge in [-0.05, 0) is 41.6 Å². The maximum absolute atomic E-state index is 11.9. The molecule has 1 heterocycles. The van der Waals surface area contributed by atoms with Crippen LogP contribution in [-0.2, 0) is 6.54 Å². The first-order valence-electron chi connectivity index (χ1n) is 5.72. The van der Waals surface area contributed by atoms with Crippen LogP contribution < -0.4 is 5.32 Å². The molecule has 1 aliphatic carbocycles. The van der Waals surface area contributed by atoms with Gasteiger partial charge in [0.1, 0.15) is 5.69 Å². The first kappa shape index (κ1) is 11.6. The summed E-state index contributed by atoms with van der Waals surface area (Å²) in [6.45, 7) is 3.47. The largest absolute Gasteiger partial charge is 0.350 e. The summed E-state index contributed by atoms with van der Waals surface area (Å²) >= 11 is 3.35. The van der Waals surface area contributed by atoms with E-state index in [1.807, 2.05) is 6.92 Å². The monoisotopic (exact) mass is 285 g/mol. The molecular weight excluding hydrogens is 270 g/mol. The van der Waals surface area contributed by atoms with Crippen molar-refractivity contribution in [1.82, 2.24) is 15.1 Å². The maximum atomic E-state index is 11.9. The number of aryl methyl sites for hydroxylation is 1. The third-order valence-electron chi connectivity index (χ3n) is 3.09. The zero-order valence-electron chi connectivity index (χ0n) is 9.37. The third-order valence-corrected chi connectivity index (χ3v) is 3.67. The SMILES string of the molecule is CCn1ncc(Br)c1C(=O)NCC1CCC1. The zero-order valence-corrected chi connectivity index (χ0v) is 11.0. The maximum Gasteiger partial charge on any atom is 0.270 e. The van der Waals surface area contributed by atoms with Crippen molar-refractivity contribution in [1.29, 1.82) is 0 Å². The first-order chi connectivity index (χ1) is 7.72. The van der Waals surface area contributed by atoms with Crippen LogP contribution in [0.25, 0.3) is 0 Å². The van der Waals surface area contributed by atoms with E-state index in [1.54, 1.807) is 10.9 Å². The highest BCUT2D eigenvalue weighted by Crippen LogP contribution is 2.25.